The predicted molar refractivity (Wildman–Crippen MR) is 77.6 cm³/mol. The molecule has 4 heteroatoms. The molecular weight excluding hydrogens is 262 g/mol. The minimum absolute atomic E-state index is 0.148. The maximum Gasteiger partial charge on any atom is 0.0987 e. The lowest BCUT2D eigenvalue weighted by Crippen LogP contribution is -2.60. The molecule has 19 heavy (non-hydrogen) atoms. The maximum absolute atomic E-state index is 5.90. The zero-order valence-corrected chi connectivity index (χ0v) is 12.5. The molecule has 1 fully saturated rings. The third-order valence-electron chi connectivity index (χ3n) is 3.74. The van der Waals surface area contributed by atoms with Gasteiger partial charge in [0.25, 0.3) is 0 Å². The largest absolute Gasteiger partial charge is 0.377 e. The van der Waals surface area contributed by atoms with Gasteiger partial charge in [0, 0.05) is 30.8 Å². The van der Waals surface area contributed by atoms with Crippen molar-refractivity contribution in [1.82, 2.24) is 5.32 Å². The van der Waals surface area contributed by atoms with Crippen LogP contribution in [-0.2, 0) is 9.47 Å². The van der Waals surface area contributed by atoms with Crippen molar-refractivity contribution >= 4 is 11.6 Å². The summed E-state index contributed by atoms with van der Waals surface area (Å²) in [6, 6.07) is 8.59. The second-order valence-electron chi connectivity index (χ2n) is 4.98. The standard InChI is InChI=1S/C15H22ClNO2/c1-4-19-14-9-13(15(14)18-3)17-10(2)11-5-7-12(16)8-6-11/h5-8,10,13-15,17H,4,9H2,1-3H3. The van der Waals surface area contributed by atoms with E-state index in [0.717, 1.165) is 18.1 Å². The lowest BCUT2D eigenvalue weighted by atomic mass is 9.84. The second kappa shape index (κ2) is 6.71. The highest BCUT2D eigenvalue weighted by atomic mass is 35.5. The summed E-state index contributed by atoms with van der Waals surface area (Å²) in [5, 5.41) is 4.36. The summed E-state index contributed by atoms with van der Waals surface area (Å²) in [5.74, 6) is 0. The Morgan fingerprint density at radius 2 is 2.05 bits per heavy atom. The number of halogens is 1. The number of methoxy groups -OCH3 is 1. The molecule has 106 valence electrons. The Morgan fingerprint density at radius 3 is 2.63 bits per heavy atom. The number of rotatable bonds is 6. The quantitative estimate of drug-likeness (QED) is 0.870. The molecule has 0 bridgehead atoms. The van der Waals surface area contributed by atoms with E-state index >= 15 is 0 Å². The fourth-order valence-corrected chi connectivity index (χ4v) is 2.73. The van der Waals surface area contributed by atoms with Gasteiger partial charge in [-0.2, -0.15) is 0 Å². The topological polar surface area (TPSA) is 30.5 Å². The van der Waals surface area contributed by atoms with Gasteiger partial charge in [0.2, 0.25) is 0 Å². The van der Waals surface area contributed by atoms with Crippen LogP contribution >= 0.6 is 11.6 Å². The van der Waals surface area contributed by atoms with Crippen LogP contribution in [-0.4, -0.2) is 32.0 Å². The van der Waals surface area contributed by atoms with Gasteiger partial charge in [-0.15, -0.1) is 0 Å². The third kappa shape index (κ3) is 3.48. The number of ether oxygens (including phenoxy) is 2. The van der Waals surface area contributed by atoms with Gasteiger partial charge in [0.1, 0.15) is 0 Å². The SMILES string of the molecule is CCOC1CC(NC(C)c2ccc(Cl)cc2)C1OC. The van der Waals surface area contributed by atoms with Crippen molar-refractivity contribution in [2.24, 2.45) is 0 Å². The van der Waals surface area contributed by atoms with Crippen molar-refractivity contribution in [1.29, 1.82) is 0 Å². The van der Waals surface area contributed by atoms with Crippen LogP contribution in [0.4, 0.5) is 0 Å². The summed E-state index contributed by atoms with van der Waals surface area (Å²) in [6.07, 6.45) is 1.38. The van der Waals surface area contributed by atoms with E-state index in [1.807, 2.05) is 19.1 Å². The average molecular weight is 284 g/mol. The van der Waals surface area contributed by atoms with Crippen LogP contribution in [0.1, 0.15) is 31.9 Å². The molecular formula is C15H22ClNO2. The molecule has 1 saturated carbocycles. The van der Waals surface area contributed by atoms with Gasteiger partial charge < -0.3 is 14.8 Å². The Balaban J connectivity index is 1.89. The fourth-order valence-electron chi connectivity index (χ4n) is 2.61. The van der Waals surface area contributed by atoms with Gasteiger partial charge in [-0.1, -0.05) is 23.7 Å². The Labute approximate surface area is 120 Å². The van der Waals surface area contributed by atoms with Crippen molar-refractivity contribution in [3.05, 3.63) is 34.9 Å². The molecule has 1 aliphatic rings. The highest BCUT2D eigenvalue weighted by Crippen LogP contribution is 2.29. The molecule has 0 radical (unpaired) electrons. The van der Waals surface area contributed by atoms with Crippen LogP contribution in [0.3, 0.4) is 0 Å². The van der Waals surface area contributed by atoms with E-state index in [4.69, 9.17) is 21.1 Å². The summed E-state index contributed by atoms with van der Waals surface area (Å²) in [6.45, 7) is 4.91. The smallest absolute Gasteiger partial charge is 0.0987 e. The number of benzene rings is 1. The number of hydrogen-bond acceptors (Lipinski definition) is 3. The molecule has 1 aliphatic carbocycles. The fraction of sp³-hybridized carbons (Fsp3) is 0.600. The highest BCUT2D eigenvalue weighted by molar-refractivity contribution is 6.30. The van der Waals surface area contributed by atoms with Crippen molar-refractivity contribution in [3.8, 4) is 0 Å². The molecule has 2 rings (SSSR count). The first-order chi connectivity index (χ1) is 9.15. The van der Waals surface area contributed by atoms with Crippen LogP contribution in [0.2, 0.25) is 5.02 Å². The number of hydrogen-bond donors (Lipinski definition) is 1. The monoisotopic (exact) mass is 283 g/mol. The summed E-state index contributed by atoms with van der Waals surface area (Å²) in [7, 11) is 1.75. The first kappa shape index (κ1) is 14.8. The van der Waals surface area contributed by atoms with Crippen LogP contribution in [0, 0.1) is 0 Å². The summed E-state index contributed by atoms with van der Waals surface area (Å²) >= 11 is 5.90. The highest BCUT2D eigenvalue weighted by Gasteiger charge is 2.42. The van der Waals surface area contributed by atoms with Crippen molar-refractivity contribution in [2.75, 3.05) is 13.7 Å². The Bertz CT molecular complexity index is 396. The first-order valence-electron chi connectivity index (χ1n) is 6.81. The molecule has 0 aliphatic heterocycles. The summed E-state index contributed by atoms with van der Waals surface area (Å²) < 4.78 is 11.1. The van der Waals surface area contributed by atoms with E-state index in [1.165, 1.54) is 5.56 Å². The Kier molecular flexibility index (Phi) is 5.22. The van der Waals surface area contributed by atoms with E-state index in [2.05, 4.69) is 24.4 Å². The Hall–Kier alpha value is -0.610. The minimum Gasteiger partial charge on any atom is -0.377 e. The molecule has 1 N–H and O–H groups in total. The normalized spacial score (nSPS) is 27.9. The molecule has 0 heterocycles. The van der Waals surface area contributed by atoms with Gasteiger partial charge in [-0.05, 0) is 38.0 Å². The minimum atomic E-state index is 0.148. The molecule has 0 aromatic heterocycles. The zero-order chi connectivity index (χ0) is 13.8. The zero-order valence-electron chi connectivity index (χ0n) is 11.7. The molecule has 4 atom stereocenters. The van der Waals surface area contributed by atoms with Crippen LogP contribution < -0.4 is 5.32 Å². The lowest BCUT2D eigenvalue weighted by Gasteiger charge is -2.44. The van der Waals surface area contributed by atoms with Crippen LogP contribution in [0.25, 0.3) is 0 Å². The van der Waals surface area contributed by atoms with Gasteiger partial charge >= 0.3 is 0 Å². The summed E-state index contributed by atoms with van der Waals surface area (Å²) in [4.78, 5) is 0. The molecule has 4 unspecified atom stereocenters. The average Bonchev–Trinajstić information content (AvgIpc) is 2.38. The molecule has 1 aromatic rings. The van der Waals surface area contributed by atoms with E-state index < -0.39 is 0 Å². The van der Waals surface area contributed by atoms with Gasteiger partial charge in [0.15, 0.2) is 0 Å². The molecule has 0 amide bonds. The van der Waals surface area contributed by atoms with E-state index in [-0.39, 0.29) is 18.2 Å². The maximum atomic E-state index is 5.90. The molecule has 1 aromatic carbocycles. The van der Waals surface area contributed by atoms with Crippen LogP contribution in [0.15, 0.2) is 24.3 Å². The third-order valence-corrected chi connectivity index (χ3v) is 3.99. The van der Waals surface area contributed by atoms with E-state index in [1.54, 1.807) is 7.11 Å². The second-order valence-corrected chi connectivity index (χ2v) is 5.41. The van der Waals surface area contributed by atoms with Crippen molar-refractivity contribution in [3.63, 3.8) is 0 Å². The first-order valence-corrected chi connectivity index (χ1v) is 7.19. The molecule has 0 saturated heterocycles. The van der Waals surface area contributed by atoms with E-state index in [9.17, 15) is 0 Å². The van der Waals surface area contributed by atoms with E-state index in [0.29, 0.717) is 6.04 Å². The lowest BCUT2D eigenvalue weighted by molar-refractivity contribution is -0.133. The van der Waals surface area contributed by atoms with Crippen LogP contribution in [0.5, 0.6) is 0 Å². The summed E-state index contributed by atoms with van der Waals surface area (Å²) in [5.41, 5.74) is 1.24. The predicted octanol–water partition coefficient (Wildman–Crippen LogP) is 3.18. The van der Waals surface area contributed by atoms with Gasteiger partial charge in [-0.25, -0.2) is 0 Å². The van der Waals surface area contributed by atoms with Gasteiger partial charge in [0.05, 0.1) is 12.2 Å². The van der Waals surface area contributed by atoms with Gasteiger partial charge in [-0.3, -0.25) is 0 Å². The molecule has 3 nitrogen and oxygen atoms in total. The van der Waals surface area contributed by atoms with Crippen molar-refractivity contribution in [2.45, 2.75) is 44.6 Å². The Morgan fingerprint density at radius 1 is 1.37 bits per heavy atom. The van der Waals surface area contributed by atoms with Crippen molar-refractivity contribution < 1.29 is 9.47 Å². The molecule has 0 spiro atoms. The number of nitrogens with one attached hydrogen (secondary N) is 1.